The van der Waals surface area contributed by atoms with Crippen molar-refractivity contribution in [3.05, 3.63) is 47.5 Å². The summed E-state index contributed by atoms with van der Waals surface area (Å²) in [5.74, 6) is -0.750. The largest absolute Gasteiger partial charge is 0.507 e. The monoisotopic (exact) mass is 400 g/mol. The summed E-state index contributed by atoms with van der Waals surface area (Å²) in [6, 6.07) is 9.41. The van der Waals surface area contributed by atoms with Gasteiger partial charge in [-0.3, -0.25) is 14.4 Å². The van der Waals surface area contributed by atoms with Crippen molar-refractivity contribution in [2.24, 2.45) is 0 Å². The quantitative estimate of drug-likeness (QED) is 0.617. The van der Waals surface area contributed by atoms with E-state index in [-0.39, 0.29) is 17.9 Å². The average molecular weight is 400 g/mol. The summed E-state index contributed by atoms with van der Waals surface area (Å²) in [5, 5.41) is 10.3. The lowest BCUT2D eigenvalue weighted by Crippen LogP contribution is -2.34. The summed E-state index contributed by atoms with van der Waals surface area (Å²) in [5.41, 5.74) is 1.12. The molecule has 0 fully saturated rings. The third-order valence-corrected chi connectivity index (χ3v) is 4.20. The first-order chi connectivity index (χ1) is 13.7. The maximum Gasteiger partial charge on any atom is 0.308 e. The lowest BCUT2D eigenvalue weighted by Gasteiger charge is -2.33. The topological polar surface area (TPSA) is 108 Å². The third kappa shape index (κ3) is 4.84. The molecule has 0 aliphatic carbocycles. The number of phenols is 1. The molecule has 0 amide bonds. The Morgan fingerprint density at radius 3 is 2.14 bits per heavy atom. The molecule has 0 spiro atoms. The summed E-state index contributed by atoms with van der Waals surface area (Å²) in [6.07, 6.45) is -1.16. The maximum atomic E-state index is 11.6. The molecule has 1 N–H and O–H groups in total. The fourth-order valence-corrected chi connectivity index (χ4v) is 3.15. The molecule has 1 aliphatic heterocycles. The highest BCUT2D eigenvalue weighted by Gasteiger charge is 2.35. The van der Waals surface area contributed by atoms with Crippen molar-refractivity contribution in [3.63, 3.8) is 0 Å². The summed E-state index contributed by atoms with van der Waals surface area (Å²) in [6.45, 7) is 3.85. The number of fused-ring (bicyclic) bond motifs is 1. The summed E-state index contributed by atoms with van der Waals surface area (Å²) >= 11 is 0. The predicted molar refractivity (Wildman–Crippen MR) is 99.8 cm³/mol. The molecular formula is C21H20O8. The van der Waals surface area contributed by atoms with Gasteiger partial charge in [0.2, 0.25) is 0 Å². The second kappa shape index (κ2) is 8.22. The van der Waals surface area contributed by atoms with Gasteiger partial charge >= 0.3 is 17.9 Å². The molecule has 29 heavy (non-hydrogen) atoms. The van der Waals surface area contributed by atoms with E-state index in [2.05, 4.69) is 0 Å². The summed E-state index contributed by atoms with van der Waals surface area (Å²) < 4.78 is 21.5. The van der Waals surface area contributed by atoms with Gasteiger partial charge in [-0.15, -0.1) is 0 Å². The van der Waals surface area contributed by atoms with E-state index >= 15 is 0 Å². The van der Waals surface area contributed by atoms with E-state index < -0.39 is 30.1 Å². The summed E-state index contributed by atoms with van der Waals surface area (Å²) in [4.78, 5) is 33.9. The van der Waals surface area contributed by atoms with Gasteiger partial charge in [-0.25, -0.2) is 0 Å². The number of hydrogen-bond donors (Lipinski definition) is 1. The van der Waals surface area contributed by atoms with Crippen molar-refractivity contribution >= 4 is 17.9 Å². The number of aromatic hydroxyl groups is 1. The molecular weight excluding hydrogens is 380 g/mol. The molecule has 2 aromatic rings. The number of benzene rings is 2. The molecule has 0 saturated heterocycles. The van der Waals surface area contributed by atoms with E-state index in [0.29, 0.717) is 22.6 Å². The van der Waals surface area contributed by atoms with Gasteiger partial charge in [0.05, 0.1) is 0 Å². The number of ether oxygens (including phenoxy) is 4. The molecule has 0 bridgehead atoms. The van der Waals surface area contributed by atoms with Crippen LogP contribution in [0.3, 0.4) is 0 Å². The van der Waals surface area contributed by atoms with Gasteiger partial charge in [0.1, 0.15) is 29.1 Å². The van der Waals surface area contributed by atoms with Crippen LogP contribution < -0.4 is 14.2 Å². The fourth-order valence-electron chi connectivity index (χ4n) is 3.15. The molecule has 2 atom stereocenters. The van der Waals surface area contributed by atoms with E-state index in [1.807, 2.05) is 0 Å². The van der Waals surface area contributed by atoms with Crippen LogP contribution >= 0.6 is 0 Å². The number of esters is 3. The van der Waals surface area contributed by atoms with Crippen LogP contribution in [0.15, 0.2) is 36.4 Å². The molecule has 1 heterocycles. The molecule has 0 radical (unpaired) electrons. The highest BCUT2D eigenvalue weighted by atomic mass is 16.6. The van der Waals surface area contributed by atoms with Gasteiger partial charge in [-0.05, 0) is 17.7 Å². The van der Waals surface area contributed by atoms with Gasteiger partial charge < -0.3 is 24.1 Å². The Bertz CT molecular complexity index is 948. The van der Waals surface area contributed by atoms with Crippen LogP contribution in [0.25, 0.3) is 0 Å². The first-order valence-corrected chi connectivity index (χ1v) is 8.89. The number of carbonyl (C=O) groups excluding carboxylic acids is 3. The SMILES string of the molecule is CC(=O)Oc1ccc([C@@H]2Oc3cc(OC(C)=O)cc(O)c3C[C@H]2OC(C)=O)cc1. The van der Waals surface area contributed by atoms with E-state index in [9.17, 15) is 19.5 Å². The molecule has 8 nitrogen and oxygen atoms in total. The Hall–Kier alpha value is -3.55. The zero-order chi connectivity index (χ0) is 21.1. The van der Waals surface area contributed by atoms with Crippen LogP contribution in [0.2, 0.25) is 0 Å². The number of rotatable bonds is 4. The highest BCUT2D eigenvalue weighted by molar-refractivity contribution is 5.70. The zero-order valence-electron chi connectivity index (χ0n) is 16.1. The Kier molecular flexibility index (Phi) is 5.72. The van der Waals surface area contributed by atoms with Crippen LogP contribution in [0.5, 0.6) is 23.0 Å². The van der Waals surface area contributed by atoms with E-state index in [1.165, 1.54) is 32.9 Å². The minimum Gasteiger partial charge on any atom is -0.507 e. The Morgan fingerprint density at radius 1 is 0.931 bits per heavy atom. The Labute approximate surface area is 167 Å². The lowest BCUT2D eigenvalue weighted by molar-refractivity contribution is -0.152. The second-order valence-corrected chi connectivity index (χ2v) is 6.57. The first-order valence-electron chi connectivity index (χ1n) is 8.89. The van der Waals surface area contributed by atoms with Crippen molar-refractivity contribution in [3.8, 4) is 23.0 Å². The lowest BCUT2D eigenvalue weighted by atomic mass is 9.93. The number of hydrogen-bond acceptors (Lipinski definition) is 8. The van der Waals surface area contributed by atoms with Crippen LogP contribution in [0.4, 0.5) is 0 Å². The van der Waals surface area contributed by atoms with E-state index in [1.54, 1.807) is 24.3 Å². The number of phenolic OH excluding ortho intramolecular Hbond substituents is 1. The van der Waals surface area contributed by atoms with Crippen molar-refractivity contribution in [2.45, 2.75) is 39.4 Å². The molecule has 0 aromatic heterocycles. The van der Waals surface area contributed by atoms with Crippen LogP contribution in [0, 0.1) is 0 Å². The minimum absolute atomic E-state index is 0.125. The number of carbonyl (C=O) groups is 3. The highest BCUT2D eigenvalue weighted by Crippen LogP contribution is 2.43. The third-order valence-electron chi connectivity index (χ3n) is 4.20. The minimum atomic E-state index is -0.690. The van der Waals surface area contributed by atoms with E-state index in [4.69, 9.17) is 18.9 Å². The Balaban J connectivity index is 1.95. The van der Waals surface area contributed by atoms with Crippen molar-refractivity contribution in [1.82, 2.24) is 0 Å². The summed E-state index contributed by atoms with van der Waals surface area (Å²) in [7, 11) is 0. The van der Waals surface area contributed by atoms with Gasteiger partial charge in [0, 0.05) is 44.9 Å². The normalized spacial score (nSPS) is 17.5. The molecule has 3 rings (SSSR count). The Morgan fingerprint density at radius 2 is 1.55 bits per heavy atom. The van der Waals surface area contributed by atoms with Gasteiger partial charge in [0.15, 0.2) is 6.10 Å². The molecule has 152 valence electrons. The maximum absolute atomic E-state index is 11.6. The van der Waals surface area contributed by atoms with Crippen LogP contribution in [-0.4, -0.2) is 29.1 Å². The smallest absolute Gasteiger partial charge is 0.308 e. The van der Waals surface area contributed by atoms with Crippen molar-refractivity contribution in [2.75, 3.05) is 0 Å². The average Bonchev–Trinajstić information content (AvgIpc) is 2.61. The fraction of sp³-hybridized carbons (Fsp3) is 0.286. The molecule has 8 heteroatoms. The molecule has 0 unspecified atom stereocenters. The van der Waals surface area contributed by atoms with Crippen LogP contribution in [-0.2, 0) is 25.5 Å². The van der Waals surface area contributed by atoms with E-state index in [0.717, 1.165) is 0 Å². The molecule has 2 aromatic carbocycles. The van der Waals surface area contributed by atoms with Gasteiger partial charge in [-0.1, -0.05) is 12.1 Å². The molecule has 0 saturated carbocycles. The van der Waals surface area contributed by atoms with Gasteiger partial charge in [-0.2, -0.15) is 0 Å². The standard InChI is InChI=1S/C21H20O8/c1-11(22)26-15-6-4-14(5-7-15)21-20(28-13(3)24)10-17-18(25)8-16(27-12(2)23)9-19(17)29-21/h4-9,20-21,25H,10H2,1-3H3/t20-,21+/m1/s1. The molecule has 1 aliphatic rings. The van der Waals surface area contributed by atoms with Crippen molar-refractivity contribution in [1.29, 1.82) is 0 Å². The second-order valence-electron chi connectivity index (χ2n) is 6.57. The van der Waals surface area contributed by atoms with Crippen LogP contribution in [0.1, 0.15) is 38.0 Å². The predicted octanol–water partition coefficient (Wildman–Crippen LogP) is 2.85. The van der Waals surface area contributed by atoms with Crippen molar-refractivity contribution < 1.29 is 38.4 Å². The van der Waals surface area contributed by atoms with Gasteiger partial charge in [0.25, 0.3) is 0 Å². The first kappa shape index (κ1) is 20.2. The zero-order valence-corrected chi connectivity index (χ0v) is 16.1.